The van der Waals surface area contributed by atoms with Gasteiger partial charge < -0.3 is 15.5 Å². The third kappa shape index (κ3) is 4.35. The Kier molecular flexibility index (Phi) is 5.63. The Bertz CT molecular complexity index is 1060. The van der Waals surface area contributed by atoms with Gasteiger partial charge in [-0.3, -0.25) is 14.0 Å². The first-order valence-electron chi connectivity index (χ1n) is 13.2. The second-order valence-corrected chi connectivity index (χ2v) is 11.8. The maximum atomic E-state index is 13.2. The summed E-state index contributed by atoms with van der Waals surface area (Å²) in [4.78, 5) is 32.8. The van der Waals surface area contributed by atoms with Gasteiger partial charge in [0, 0.05) is 25.3 Å². The molecule has 4 bridgehead atoms. The van der Waals surface area contributed by atoms with Crippen molar-refractivity contribution in [2.75, 3.05) is 26.7 Å². The van der Waals surface area contributed by atoms with Crippen LogP contribution in [-0.2, 0) is 11.2 Å². The number of nitrogens with zero attached hydrogens (tertiary/aromatic N) is 3. The third-order valence-corrected chi connectivity index (χ3v) is 8.89. The molecule has 5 fully saturated rings. The lowest BCUT2D eigenvalue weighted by Gasteiger charge is -2.56. The summed E-state index contributed by atoms with van der Waals surface area (Å²) >= 11 is 0. The first-order valence-corrected chi connectivity index (χ1v) is 13.2. The Morgan fingerprint density at radius 2 is 1.85 bits per heavy atom. The van der Waals surface area contributed by atoms with E-state index in [1.54, 1.807) is 0 Å². The summed E-state index contributed by atoms with van der Waals surface area (Å²) in [5, 5.41) is 6.44. The molecule has 0 radical (unpaired) electrons. The Balaban J connectivity index is 1.11. The summed E-state index contributed by atoms with van der Waals surface area (Å²) in [6.07, 6.45) is 12.3. The smallest absolute Gasteiger partial charge is 0.268 e. The first-order chi connectivity index (χ1) is 16.4. The molecule has 2 N–H and O–H groups in total. The van der Waals surface area contributed by atoms with E-state index in [4.69, 9.17) is 0 Å². The fourth-order valence-corrected chi connectivity index (χ4v) is 7.92. The molecule has 1 saturated heterocycles. The number of hydrogen-bond donors (Lipinski definition) is 2. The number of carbonyl (C=O) groups is 2. The standard InChI is InChI=1S/C27H37N5O2/c1-31-7-3-4-21(15-31)30-25(33)11-22-16-32-23(5-2-6-24(32)29-22)26(34)28-17-27-12-18-8-19(13-27)10-20(9-18)14-27/h2,5-6,16,18-21H,3-4,7-15,17H2,1H3,(H,28,34)(H,30,33). The van der Waals surface area contributed by atoms with Gasteiger partial charge in [0.2, 0.25) is 5.91 Å². The zero-order valence-electron chi connectivity index (χ0n) is 20.3. The van der Waals surface area contributed by atoms with E-state index in [1.165, 1.54) is 38.5 Å². The van der Waals surface area contributed by atoms with Crippen molar-refractivity contribution in [2.24, 2.45) is 23.2 Å². The first kappa shape index (κ1) is 22.1. The number of amides is 2. The number of rotatable bonds is 6. The summed E-state index contributed by atoms with van der Waals surface area (Å²) in [6, 6.07) is 5.83. The number of carbonyl (C=O) groups excluding carboxylic acids is 2. The quantitative estimate of drug-likeness (QED) is 0.690. The molecule has 2 amide bonds. The van der Waals surface area contributed by atoms with Crippen LogP contribution in [0.5, 0.6) is 0 Å². The molecule has 4 saturated carbocycles. The van der Waals surface area contributed by atoms with E-state index in [2.05, 4.69) is 27.6 Å². The van der Waals surface area contributed by atoms with Gasteiger partial charge in [-0.15, -0.1) is 0 Å². The van der Waals surface area contributed by atoms with Gasteiger partial charge in [0.25, 0.3) is 5.91 Å². The maximum absolute atomic E-state index is 13.2. The molecular formula is C27H37N5O2. The van der Waals surface area contributed by atoms with Crippen LogP contribution < -0.4 is 10.6 Å². The minimum atomic E-state index is -0.0417. The Morgan fingerprint density at radius 3 is 2.56 bits per heavy atom. The van der Waals surface area contributed by atoms with E-state index >= 15 is 0 Å². The largest absolute Gasteiger partial charge is 0.352 e. The van der Waals surface area contributed by atoms with Gasteiger partial charge in [0.05, 0.1) is 12.1 Å². The van der Waals surface area contributed by atoms with Crippen LogP contribution in [0.25, 0.3) is 5.65 Å². The topological polar surface area (TPSA) is 78.7 Å². The number of likely N-dealkylation sites (tertiary alicyclic amines) is 1. The number of imidazole rings is 1. The SMILES string of the molecule is CN1CCCC(NC(=O)Cc2cn3c(C(=O)NCC45CC6CC(CC(C6)C4)C5)cccc3n2)C1. The average molecular weight is 464 g/mol. The molecule has 182 valence electrons. The van der Waals surface area contributed by atoms with Gasteiger partial charge in [-0.05, 0) is 100 Å². The van der Waals surface area contributed by atoms with Gasteiger partial charge in [0.15, 0.2) is 0 Å². The van der Waals surface area contributed by atoms with Crippen LogP contribution >= 0.6 is 0 Å². The highest BCUT2D eigenvalue weighted by molar-refractivity contribution is 5.93. The van der Waals surface area contributed by atoms with Gasteiger partial charge in [-0.2, -0.15) is 0 Å². The predicted octanol–water partition coefficient (Wildman–Crippen LogP) is 3.03. The molecule has 1 aliphatic heterocycles. The minimum absolute atomic E-state index is 0.00322. The van der Waals surface area contributed by atoms with Gasteiger partial charge in [-0.1, -0.05) is 6.07 Å². The number of nitrogens with one attached hydrogen (secondary N) is 2. The van der Waals surface area contributed by atoms with E-state index in [-0.39, 0.29) is 24.3 Å². The van der Waals surface area contributed by atoms with Crippen LogP contribution in [0.1, 0.15) is 67.5 Å². The van der Waals surface area contributed by atoms with Crippen molar-refractivity contribution >= 4 is 17.5 Å². The molecule has 7 nitrogen and oxygen atoms in total. The van der Waals surface area contributed by atoms with Crippen LogP contribution in [-0.4, -0.2) is 58.8 Å². The highest BCUT2D eigenvalue weighted by Gasteiger charge is 2.50. The van der Waals surface area contributed by atoms with E-state index in [0.717, 1.165) is 50.2 Å². The molecule has 3 heterocycles. The summed E-state index contributed by atoms with van der Waals surface area (Å²) in [5.74, 6) is 2.59. The van der Waals surface area contributed by atoms with Gasteiger partial charge in [0.1, 0.15) is 11.3 Å². The molecule has 1 unspecified atom stereocenters. The fraction of sp³-hybridized carbons (Fsp3) is 0.667. The molecular weight excluding hydrogens is 426 g/mol. The molecule has 0 spiro atoms. The summed E-state index contributed by atoms with van der Waals surface area (Å²) in [5.41, 5.74) is 2.31. The zero-order chi connectivity index (χ0) is 23.3. The highest BCUT2D eigenvalue weighted by atomic mass is 16.2. The molecule has 34 heavy (non-hydrogen) atoms. The van der Waals surface area contributed by atoms with E-state index in [1.807, 2.05) is 28.8 Å². The lowest BCUT2D eigenvalue weighted by Crippen LogP contribution is -2.51. The molecule has 1 atom stereocenters. The van der Waals surface area contributed by atoms with E-state index < -0.39 is 0 Å². The molecule has 2 aromatic heterocycles. The van der Waals surface area contributed by atoms with Crippen molar-refractivity contribution in [2.45, 2.75) is 63.8 Å². The van der Waals surface area contributed by atoms with Crippen LogP contribution in [0.3, 0.4) is 0 Å². The van der Waals surface area contributed by atoms with Crippen molar-refractivity contribution in [3.63, 3.8) is 0 Å². The normalized spacial score (nSPS) is 32.7. The van der Waals surface area contributed by atoms with E-state index in [9.17, 15) is 9.59 Å². The number of aromatic nitrogens is 2. The zero-order valence-corrected chi connectivity index (χ0v) is 20.3. The van der Waals surface area contributed by atoms with Crippen LogP contribution in [0, 0.1) is 23.2 Å². The summed E-state index contributed by atoms with van der Waals surface area (Å²) in [6.45, 7) is 2.77. The molecule has 0 aromatic carbocycles. The maximum Gasteiger partial charge on any atom is 0.268 e. The molecule has 7 rings (SSSR count). The average Bonchev–Trinajstić information content (AvgIpc) is 3.19. The number of likely N-dealkylation sites (N-methyl/N-ethyl adjacent to an activating group) is 1. The molecule has 4 aliphatic carbocycles. The molecule has 7 heteroatoms. The van der Waals surface area contributed by atoms with Crippen molar-refractivity contribution in [1.29, 1.82) is 0 Å². The Hall–Kier alpha value is -2.41. The Labute approximate surface area is 201 Å². The lowest BCUT2D eigenvalue weighted by molar-refractivity contribution is -0.121. The monoisotopic (exact) mass is 463 g/mol. The van der Waals surface area contributed by atoms with Crippen molar-refractivity contribution in [3.05, 3.63) is 35.8 Å². The van der Waals surface area contributed by atoms with Crippen LogP contribution in [0.4, 0.5) is 0 Å². The van der Waals surface area contributed by atoms with Crippen molar-refractivity contribution in [1.82, 2.24) is 24.9 Å². The van der Waals surface area contributed by atoms with Gasteiger partial charge in [-0.25, -0.2) is 4.98 Å². The number of piperidine rings is 1. The number of pyridine rings is 1. The van der Waals surface area contributed by atoms with Crippen LogP contribution in [0.2, 0.25) is 0 Å². The minimum Gasteiger partial charge on any atom is -0.352 e. The number of hydrogen-bond acceptors (Lipinski definition) is 4. The second kappa shape index (κ2) is 8.67. The number of fused-ring (bicyclic) bond motifs is 1. The second-order valence-electron chi connectivity index (χ2n) is 11.8. The van der Waals surface area contributed by atoms with Crippen LogP contribution in [0.15, 0.2) is 24.4 Å². The third-order valence-electron chi connectivity index (χ3n) is 8.89. The van der Waals surface area contributed by atoms with E-state index in [0.29, 0.717) is 22.5 Å². The summed E-state index contributed by atoms with van der Waals surface area (Å²) in [7, 11) is 2.09. The molecule has 5 aliphatic rings. The van der Waals surface area contributed by atoms with Crippen molar-refractivity contribution < 1.29 is 9.59 Å². The van der Waals surface area contributed by atoms with Crippen molar-refractivity contribution in [3.8, 4) is 0 Å². The summed E-state index contributed by atoms with van der Waals surface area (Å²) < 4.78 is 1.84. The predicted molar refractivity (Wildman–Crippen MR) is 130 cm³/mol. The lowest BCUT2D eigenvalue weighted by atomic mass is 9.49. The fourth-order valence-electron chi connectivity index (χ4n) is 7.92. The van der Waals surface area contributed by atoms with Gasteiger partial charge >= 0.3 is 0 Å². The molecule has 2 aromatic rings. The Morgan fingerprint density at radius 1 is 1.12 bits per heavy atom. The highest BCUT2D eigenvalue weighted by Crippen LogP contribution is 2.59.